The predicted octanol–water partition coefficient (Wildman–Crippen LogP) is 2.72. The Kier molecular flexibility index (Phi) is 3.70. The second kappa shape index (κ2) is 5.40. The molecule has 0 aliphatic heterocycles. The van der Waals surface area contributed by atoms with Crippen LogP contribution in [-0.4, -0.2) is 28.7 Å². The molecular weight excluding hydrogens is 318 g/mol. The van der Waals surface area contributed by atoms with E-state index in [1.807, 2.05) is 29.8 Å². The first-order valence-corrected chi connectivity index (χ1v) is 8.87. The summed E-state index contributed by atoms with van der Waals surface area (Å²) >= 11 is 4.31. The van der Waals surface area contributed by atoms with Crippen molar-refractivity contribution in [2.45, 2.75) is 16.7 Å². The standard InChI is InChI=1S/C15H15N3O2S2/c1-3-22(19,20)13-5-4-8-16-14(13)15-17-11-9-10(21)6-7-12(11)18(15)2/h4-9,21H,3H2,1-2H3. The van der Waals surface area contributed by atoms with E-state index in [1.54, 1.807) is 25.3 Å². The van der Waals surface area contributed by atoms with E-state index in [4.69, 9.17) is 0 Å². The van der Waals surface area contributed by atoms with Crippen LogP contribution in [0.4, 0.5) is 0 Å². The van der Waals surface area contributed by atoms with E-state index in [1.165, 1.54) is 0 Å². The number of fused-ring (bicyclic) bond motifs is 1. The number of aromatic nitrogens is 3. The third kappa shape index (κ3) is 2.40. The Bertz CT molecular complexity index is 962. The first-order chi connectivity index (χ1) is 10.4. The lowest BCUT2D eigenvalue weighted by atomic mass is 10.3. The molecule has 2 aromatic heterocycles. The minimum Gasteiger partial charge on any atom is -0.326 e. The first kappa shape index (κ1) is 15.1. The summed E-state index contributed by atoms with van der Waals surface area (Å²) < 4.78 is 26.4. The summed E-state index contributed by atoms with van der Waals surface area (Å²) in [5, 5.41) is 0. The van der Waals surface area contributed by atoms with Crippen molar-refractivity contribution in [1.82, 2.24) is 14.5 Å². The highest BCUT2D eigenvalue weighted by Crippen LogP contribution is 2.28. The Morgan fingerprint density at radius 1 is 1.27 bits per heavy atom. The van der Waals surface area contributed by atoms with Crippen LogP contribution in [0.5, 0.6) is 0 Å². The first-order valence-electron chi connectivity index (χ1n) is 6.77. The highest BCUT2D eigenvalue weighted by atomic mass is 32.2. The number of aryl methyl sites for hydroxylation is 1. The maximum absolute atomic E-state index is 12.3. The second-order valence-electron chi connectivity index (χ2n) is 4.92. The zero-order valence-electron chi connectivity index (χ0n) is 12.2. The van der Waals surface area contributed by atoms with Crippen molar-refractivity contribution >= 4 is 33.5 Å². The van der Waals surface area contributed by atoms with Gasteiger partial charge in [-0.25, -0.2) is 13.4 Å². The molecule has 0 bridgehead atoms. The number of hydrogen-bond acceptors (Lipinski definition) is 5. The molecule has 0 amide bonds. The number of sulfone groups is 1. The zero-order chi connectivity index (χ0) is 15.9. The monoisotopic (exact) mass is 333 g/mol. The Morgan fingerprint density at radius 3 is 2.77 bits per heavy atom. The minimum absolute atomic E-state index is 0.0242. The van der Waals surface area contributed by atoms with Gasteiger partial charge in [0.2, 0.25) is 0 Å². The van der Waals surface area contributed by atoms with Crippen molar-refractivity contribution < 1.29 is 8.42 Å². The molecule has 0 aliphatic rings. The largest absolute Gasteiger partial charge is 0.326 e. The summed E-state index contributed by atoms with van der Waals surface area (Å²) in [4.78, 5) is 9.81. The third-order valence-electron chi connectivity index (χ3n) is 3.56. The summed E-state index contributed by atoms with van der Waals surface area (Å²) in [5.74, 6) is 0.553. The molecule has 0 atom stereocenters. The topological polar surface area (TPSA) is 64.8 Å². The van der Waals surface area contributed by atoms with Crippen LogP contribution in [0.25, 0.3) is 22.6 Å². The SMILES string of the molecule is CCS(=O)(=O)c1cccnc1-c1nc2cc(S)ccc2n1C. The quantitative estimate of drug-likeness (QED) is 0.749. The average Bonchev–Trinajstić information content (AvgIpc) is 2.83. The molecule has 114 valence electrons. The normalized spacial score (nSPS) is 12.0. The molecule has 0 aliphatic carbocycles. The lowest BCUT2D eigenvalue weighted by molar-refractivity contribution is 0.597. The number of hydrogen-bond donors (Lipinski definition) is 1. The molecule has 0 N–H and O–H groups in total. The van der Waals surface area contributed by atoms with Gasteiger partial charge in [0, 0.05) is 18.1 Å². The summed E-state index contributed by atoms with van der Waals surface area (Å²) in [6.45, 7) is 1.62. The van der Waals surface area contributed by atoms with Crippen LogP contribution in [0.15, 0.2) is 46.3 Å². The molecule has 0 unspecified atom stereocenters. The molecule has 0 radical (unpaired) electrons. The Labute approximate surface area is 134 Å². The molecule has 3 rings (SSSR count). The van der Waals surface area contributed by atoms with E-state index in [9.17, 15) is 8.42 Å². The van der Waals surface area contributed by atoms with Crippen molar-refractivity contribution in [2.24, 2.45) is 7.05 Å². The van der Waals surface area contributed by atoms with Gasteiger partial charge in [-0.1, -0.05) is 6.92 Å². The fraction of sp³-hybridized carbons (Fsp3) is 0.200. The second-order valence-corrected chi connectivity index (χ2v) is 7.68. The van der Waals surface area contributed by atoms with Gasteiger partial charge in [-0.2, -0.15) is 0 Å². The number of thiol groups is 1. The molecule has 2 heterocycles. The van der Waals surface area contributed by atoms with Crippen molar-refractivity contribution in [3.8, 4) is 11.5 Å². The highest BCUT2D eigenvalue weighted by Gasteiger charge is 2.22. The van der Waals surface area contributed by atoms with E-state index in [0.717, 1.165) is 15.9 Å². The summed E-state index contributed by atoms with van der Waals surface area (Å²) in [6, 6.07) is 8.83. The maximum atomic E-state index is 12.3. The molecule has 3 aromatic rings. The Hall–Kier alpha value is -1.86. The molecule has 0 spiro atoms. The highest BCUT2D eigenvalue weighted by molar-refractivity contribution is 7.91. The molecule has 0 saturated heterocycles. The van der Waals surface area contributed by atoms with Crippen LogP contribution < -0.4 is 0 Å². The van der Waals surface area contributed by atoms with Crippen LogP contribution in [0.2, 0.25) is 0 Å². The molecule has 5 nitrogen and oxygen atoms in total. The van der Waals surface area contributed by atoms with E-state index in [-0.39, 0.29) is 10.6 Å². The van der Waals surface area contributed by atoms with E-state index < -0.39 is 9.84 Å². The van der Waals surface area contributed by atoms with Crippen LogP contribution in [0, 0.1) is 0 Å². The van der Waals surface area contributed by atoms with Gasteiger partial charge in [0.25, 0.3) is 0 Å². The predicted molar refractivity (Wildman–Crippen MR) is 88.9 cm³/mol. The summed E-state index contributed by atoms with van der Waals surface area (Å²) in [6.07, 6.45) is 1.58. The van der Waals surface area contributed by atoms with Crippen LogP contribution in [0.3, 0.4) is 0 Å². The van der Waals surface area contributed by atoms with Gasteiger partial charge in [0.05, 0.1) is 21.7 Å². The van der Waals surface area contributed by atoms with E-state index >= 15 is 0 Å². The molecule has 0 fully saturated rings. The van der Waals surface area contributed by atoms with Crippen LogP contribution in [0.1, 0.15) is 6.92 Å². The van der Waals surface area contributed by atoms with E-state index in [2.05, 4.69) is 22.6 Å². The number of rotatable bonds is 3. The van der Waals surface area contributed by atoms with Crippen molar-refractivity contribution in [1.29, 1.82) is 0 Å². The molecule has 1 aromatic carbocycles. The number of imidazole rings is 1. The van der Waals surface area contributed by atoms with Crippen LogP contribution >= 0.6 is 12.6 Å². The fourth-order valence-corrected chi connectivity index (χ4v) is 3.60. The Balaban J connectivity index is 2.31. The molecule has 7 heteroatoms. The van der Waals surface area contributed by atoms with Crippen molar-refractivity contribution in [3.05, 3.63) is 36.5 Å². The van der Waals surface area contributed by atoms with Gasteiger partial charge in [-0.15, -0.1) is 12.6 Å². The van der Waals surface area contributed by atoms with Crippen molar-refractivity contribution in [2.75, 3.05) is 5.75 Å². The summed E-state index contributed by atoms with van der Waals surface area (Å²) in [5.41, 5.74) is 2.04. The van der Waals surface area contributed by atoms with Crippen LogP contribution in [-0.2, 0) is 16.9 Å². The molecule has 0 saturated carbocycles. The zero-order valence-corrected chi connectivity index (χ0v) is 13.9. The van der Waals surface area contributed by atoms with Gasteiger partial charge < -0.3 is 4.57 Å². The van der Waals surface area contributed by atoms with Gasteiger partial charge in [-0.3, -0.25) is 4.98 Å². The van der Waals surface area contributed by atoms with Gasteiger partial charge in [0.15, 0.2) is 15.7 Å². The minimum atomic E-state index is -3.37. The van der Waals surface area contributed by atoms with Gasteiger partial charge in [-0.05, 0) is 30.3 Å². The smallest absolute Gasteiger partial charge is 0.180 e. The summed E-state index contributed by atoms with van der Waals surface area (Å²) in [7, 11) is -1.52. The molecular formula is C15H15N3O2S2. The van der Waals surface area contributed by atoms with Gasteiger partial charge >= 0.3 is 0 Å². The van der Waals surface area contributed by atoms with Gasteiger partial charge in [0.1, 0.15) is 5.69 Å². The maximum Gasteiger partial charge on any atom is 0.180 e. The van der Waals surface area contributed by atoms with E-state index in [0.29, 0.717) is 11.5 Å². The lowest BCUT2D eigenvalue weighted by Crippen LogP contribution is -2.08. The number of benzene rings is 1. The fourth-order valence-electron chi connectivity index (χ4n) is 2.36. The Morgan fingerprint density at radius 2 is 2.05 bits per heavy atom. The number of pyridine rings is 1. The number of nitrogens with zero attached hydrogens (tertiary/aromatic N) is 3. The molecule has 22 heavy (non-hydrogen) atoms. The third-order valence-corrected chi connectivity index (χ3v) is 5.60. The van der Waals surface area contributed by atoms with Crippen molar-refractivity contribution in [3.63, 3.8) is 0 Å². The average molecular weight is 333 g/mol. The lowest BCUT2D eigenvalue weighted by Gasteiger charge is -2.08.